The van der Waals surface area contributed by atoms with Gasteiger partial charge in [0.1, 0.15) is 5.75 Å². The molecule has 1 amide bonds. The lowest BCUT2D eigenvalue weighted by molar-refractivity contribution is -0.127. The number of ether oxygens (including phenoxy) is 1. The van der Waals surface area contributed by atoms with Crippen LogP contribution >= 0.6 is 0 Å². The second kappa shape index (κ2) is 4.99. The van der Waals surface area contributed by atoms with Gasteiger partial charge in [0.05, 0.1) is 0 Å². The van der Waals surface area contributed by atoms with Crippen molar-refractivity contribution < 1.29 is 9.53 Å². The van der Waals surface area contributed by atoms with Crippen molar-refractivity contribution in [2.75, 3.05) is 20.1 Å². The largest absolute Gasteiger partial charge is 0.480 e. The molecule has 1 atom stereocenters. The van der Waals surface area contributed by atoms with Crippen LogP contribution in [0.3, 0.4) is 0 Å². The average molecular weight is 220 g/mol. The van der Waals surface area contributed by atoms with Gasteiger partial charge in [0.2, 0.25) is 0 Å². The van der Waals surface area contributed by atoms with E-state index in [1.54, 1.807) is 0 Å². The van der Waals surface area contributed by atoms with Gasteiger partial charge < -0.3 is 15.4 Å². The number of para-hydroxylation sites is 1. The Labute approximate surface area is 95.0 Å². The van der Waals surface area contributed by atoms with Crippen LogP contribution in [0.1, 0.15) is 5.56 Å². The maximum atomic E-state index is 11.7. The number of benzene rings is 1. The standard InChI is InChI=1S/C12H16N2O2/c1-13-6-7-14-12(15)11-8-9-4-2-3-5-10(9)16-11/h2-5,11,13H,6-8H2,1H3,(H,14,15). The van der Waals surface area contributed by atoms with Crippen molar-refractivity contribution in [1.82, 2.24) is 10.6 Å². The molecule has 1 unspecified atom stereocenters. The molecule has 0 fully saturated rings. The molecule has 1 aliphatic heterocycles. The minimum atomic E-state index is -0.366. The Bertz CT molecular complexity index is 354. The number of rotatable bonds is 4. The summed E-state index contributed by atoms with van der Waals surface area (Å²) in [6, 6.07) is 7.77. The summed E-state index contributed by atoms with van der Waals surface area (Å²) in [5, 5.41) is 5.81. The van der Waals surface area contributed by atoms with E-state index in [1.807, 2.05) is 31.3 Å². The normalized spacial score (nSPS) is 17.7. The summed E-state index contributed by atoms with van der Waals surface area (Å²) in [5.74, 6) is 0.794. The number of hydrogen-bond donors (Lipinski definition) is 2. The van der Waals surface area contributed by atoms with Gasteiger partial charge >= 0.3 is 0 Å². The molecule has 4 nitrogen and oxygen atoms in total. The average Bonchev–Trinajstić information content (AvgIpc) is 2.73. The molecule has 1 aliphatic rings. The molecule has 2 rings (SSSR count). The number of hydrogen-bond acceptors (Lipinski definition) is 3. The fraction of sp³-hybridized carbons (Fsp3) is 0.417. The Morgan fingerprint density at radius 3 is 3.00 bits per heavy atom. The van der Waals surface area contributed by atoms with E-state index in [9.17, 15) is 4.79 Å². The van der Waals surface area contributed by atoms with Crippen LogP contribution in [0.4, 0.5) is 0 Å². The monoisotopic (exact) mass is 220 g/mol. The van der Waals surface area contributed by atoms with E-state index in [-0.39, 0.29) is 12.0 Å². The summed E-state index contributed by atoms with van der Waals surface area (Å²) in [5.41, 5.74) is 1.11. The molecule has 1 aromatic rings. The van der Waals surface area contributed by atoms with Crippen LogP contribution in [0.15, 0.2) is 24.3 Å². The molecule has 0 radical (unpaired) electrons. The van der Waals surface area contributed by atoms with Crippen LogP contribution in [0, 0.1) is 0 Å². The summed E-state index contributed by atoms with van der Waals surface area (Å²) in [6.07, 6.45) is 0.302. The zero-order valence-corrected chi connectivity index (χ0v) is 9.32. The predicted octanol–water partition coefficient (Wildman–Crippen LogP) is 0.326. The van der Waals surface area contributed by atoms with Gasteiger partial charge in [-0.1, -0.05) is 18.2 Å². The molecule has 0 aliphatic carbocycles. The third-order valence-corrected chi connectivity index (χ3v) is 2.61. The Balaban J connectivity index is 1.88. The highest BCUT2D eigenvalue weighted by Crippen LogP contribution is 2.27. The minimum absolute atomic E-state index is 0.0357. The Morgan fingerprint density at radius 2 is 2.25 bits per heavy atom. The van der Waals surface area contributed by atoms with E-state index >= 15 is 0 Å². The molecule has 0 bridgehead atoms. The van der Waals surface area contributed by atoms with Crippen LogP contribution in [-0.2, 0) is 11.2 Å². The van der Waals surface area contributed by atoms with Gasteiger partial charge in [-0.2, -0.15) is 0 Å². The van der Waals surface area contributed by atoms with Crippen LogP contribution in [0.2, 0.25) is 0 Å². The zero-order valence-electron chi connectivity index (χ0n) is 9.32. The number of fused-ring (bicyclic) bond motifs is 1. The van der Waals surface area contributed by atoms with Crippen molar-refractivity contribution in [2.24, 2.45) is 0 Å². The number of carbonyl (C=O) groups excluding carboxylic acids is 1. The second-order valence-corrected chi connectivity index (χ2v) is 3.81. The van der Waals surface area contributed by atoms with E-state index < -0.39 is 0 Å². The number of amides is 1. The van der Waals surface area contributed by atoms with Crippen LogP contribution in [0.25, 0.3) is 0 Å². The molecule has 1 aromatic carbocycles. The van der Waals surface area contributed by atoms with Crippen molar-refractivity contribution in [1.29, 1.82) is 0 Å². The molecule has 0 saturated heterocycles. The molecule has 0 aromatic heterocycles. The van der Waals surface area contributed by atoms with E-state index in [0.717, 1.165) is 17.9 Å². The van der Waals surface area contributed by atoms with Crippen LogP contribution in [-0.4, -0.2) is 32.1 Å². The lowest BCUT2D eigenvalue weighted by Gasteiger charge is -2.10. The van der Waals surface area contributed by atoms with Crippen molar-refractivity contribution >= 4 is 5.91 Å². The predicted molar refractivity (Wildman–Crippen MR) is 61.5 cm³/mol. The van der Waals surface area contributed by atoms with Gasteiger partial charge in [-0.25, -0.2) is 0 Å². The van der Waals surface area contributed by atoms with Crippen molar-refractivity contribution in [3.8, 4) is 5.75 Å². The van der Waals surface area contributed by atoms with Crippen LogP contribution < -0.4 is 15.4 Å². The van der Waals surface area contributed by atoms with Gasteiger partial charge in [-0.3, -0.25) is 4.79 Å². The topological polar surface area (TPSA) is 50.4 Å². The van der Waals surface area contributed by atoms with Crippen molar-refractivity contribution in [3.63, 3.8) is 0 Å². The third kappa shape index (κ3) is 2.33. The molecule has 0 spiro atoms. The molecule has 2 N–H and O–H groups in total. The first-order chi connectivity index (χ1) is 7.81. The van der Waals surface area contributed by atoms with Gasteiger partial charge in [-0.05, 0) is 18.7 Å². The maximum absolute atomic E-state index is 11.7. The molecule has 4 heteroatoms. The maximum Gasteiger partial charge on any atom is 0.261 e. The molecule has 86 valence electrons. The molecule has 1 heterocycles. The summed E-state index contributed by atoms with van der Waals surface area (Å²) < 4.78 is 5.57. The fourth-order valence-electron chi connectivity index (χ4n) is 1.75. The molecular weight excluding hydrogens is 204 g/mol. The summed E-state index contributed by atoms with van der Waals surface area (Å²) >= 11 is 0. The summed E-state index contributed by atoms with van der Waals surface area (Å²) in [6.45, 7) is 1.40. The molecule has 0 saturated carbocycles. The Hall–Kier alpha value is -1.55. The van der Waals surface area contributed by atoms with Gasteiger partial charge in [-0.15, -0.1) is 0 Å². The SMILES string of the molecule is CNCCNC(=O)C1Cc2ccccc2O1. The first-order valence-electron chi connectivity index (χ1n) is 5.48. The van der Waals surface area contributed by atoms with Crippen LogP contribution in [0.5, 0.6) is 5.75 Å². The number of carbonyl (C=O) groups is 1. The van der Waals surface area contributed by atoms with Crippen molar-refractivity contribution in [3.05, 3.63) is 29.8 Å². The quantitative estimate of drug-likeness (QED) is 0.719. The highest BCUT2D eigenvalue weighted by molar-refractivity contribution is 5.82. The lowest BCUT2D eigenvalue weighted by Crippen LogP contribution is -2.40. The summed E-state index contributed by atoms with van der Waals surface area (Å²) in [7, 11) is 1.86. The van der Waals surface area contributed by atoms with E-state index in [2.05, 4.69) is 10.6 Å². The molecule has 16 heavy (non-hydrogen) atoms. The number of nitrogens with one attached hydrogen (secondary N) is 2. The van der Waals surface area contributed by atoms with Gasteiger partial charge in [0.15, 0.2) is 6.10 Å². The lowest BCUT2D eigenvalue weighted by atomic mass is 10.1. The van der Waals surface area contributed by atoms with E-state index in [0.29, 0.717) is 13.0 Å². The highest BCUT2D eigenvalue weighted by atomic mass is 16.5. The van der Waals surface area contributed by atoms with Gasteiger partial charge in [0, 0.05) is 19.5 Å². The van der Waals surface area contributed by atoms with E-state index in [1.165, 1.54) is 0 Å². The Morgan fingerprint density at radius 1 is 1.44 bits per heavy atom. The first kappa shape index (κ1) is 11.0. The minimum Gasteiger partial charge on any atom is -0.480 e. The van der Waals surface area contributed by atoms with E-state index in [4.69, 9.17) is 4.74 Å². The Kier molecular flexibility index (Phi) is 3.41. The highest BCUT2D eigenvalue weighted by Gasteiger charge is 2.28. The zero-order chi connectivity index (χ0) is 11.4. The fourth-order valence-corrected chi connectivity index (χ4v) is 1.75. The third-order valence-electron chi connectivity index (χ3n) is 2.61. The van der Waals surface area contributed by atoms with Crippen molar-refractivity contribution in [2.45, 2.75) is 12.5 Å². The smallest absolute Gasteiger partial charge is 0.261 e. The van der Waals surface area contributed by atoms with Gasteiger partial charge in [0.25, 0.3) is 5.91 Å². The second-order valence-electron chi connectivity index (χ2n) is 3.81. The summed E-state index contributed by atoms with van der Waals surface area (Å²) in [4.78, 5) is 11.7. The first-order valence-corrected chi connectivity index (χ1v) is 5.48. The molecular formula is C12H16N2O2. The number of likely N-dealkylation sites (N-methyl/N-ethyl adjacent to an activating group) is 1.